The average Bonchev–Trinajstić information content (AvgIpc) is 3.69. The van der Waals surface area contributed by atoms with Crippen LogP contribution >= 0.6 is 23.5 Å². The number of benzene rings is 2. The first-order valence-corrected chi connectivity index (χ1v) is 20.6. The lowest BCUT2D eigenvalue weighted by Gasteiger charge is -2.18. The largest absolute Gasteiger partial charge is 0.490 e. The van der Waals surface area contributed by atoms with Crippen molar-refractivity contribution in [2.75, 3.05) is 19.7 Å². The number of aromatic nitrogens is 1. The highest BCUT2D eigenvalue weighted by atomic mass is 31.3. The lowest BCUT2D eigenvalue weighted by Crippen LogP contribution is -2.26. The number of nitrogens with one attached hydrogen (secondary N) is 2. The Morgan fingerprint density at radius 2 is 1.63 bits per heavy atom. The third kappa shape index (κ3) is 13.7. The van der Waals surface area contributed by atoms with Gasteiger partial charge in [-0.05, 0) is 41.0 Å². The molecule has 0 radical (unpaired) electrons. The van der Waals surface area contributed by atoms with Gasteiger partial charge in [-0.1, -0.05) is 60.7 Å². The van der Waals surface area contributed by atoms with Crippen LogP contribution in [0.3, 0.4) is 0 Å². The van der Waals surface area contributed by atoms with Crippen molar-refractivity contribution in [3.05, 3.63) is 88.1 Å². The van der Waals surface area contributed by atoms with Gasteiger partial charge in [-0.2, -0.15) is 8.62 Å². The van der Waals surface area contributed by atoms with Crippen LogP contribution in [0.2, 0.25) is 0 Å². The first-order valence-electron chi connectivity index (χ1n) is 16.1. The number of hydrogen-bond acceptors (Lipinski definition) is 12. The van der Waals surface area contributed by atoms with Gasteiger partial charge in [0.15, 0.2) is 0 Å². The third-order valence-electron chi connectivity index (χ3n) is 7.57. The number of amides is 2. The lowest BCUT2D eigenvalue weighted by atomic mass is 10.0. The maximum Gasteiger partial charge on any atom is 0.490 e. The summed E-state index contributed by atoms with van der Waals surface area (Å²) >= 11 is 0. The number of carbonyl (C=O) groups excluding carboxylic acids is 2. The summed E-state index contributed by atoms with van der Waals surface area (Å²) in [5.74, 6) is 4.45. The number of nitro groups is 1. The molecule has 2 aromatic carbocycles. The van der Waals surface area contributed by atoms with Gasteiger partial charge in [0.1, 0.15) is 12.3 Å². The average molecular weight is 815 g/mol. The minimum atomic E-state index is -5.76. The number of phosphoric acid groups is 3. The maximum atomic E-state index is 12.4. The van der Waals surface area contributed by atoms with Crippen molar-refractivity contribution in [3.8, 4) is 23.0 Å². The molecule has 20 nitrogen and oxygen atoms in total. The summed E-state index contributed by atoms with van der Waals surface area (Å²) in [6.45, 7) is -0.561. The number of carbonyl (C=O) groups is 2. The summed E-state index contributed by atoms with van der Waals surface area (Å²) < 4.78 is 52.5. The molecule has 0 spiro atoms. The van der Waals surface area contributed by atoms with Crippen LogP contribution in [0.15, 0.2) is 66.9 Å². The molecule has 0 aliphatic carbocycles. The van der Waals surface area contributed by atoms with Crippen LogP contribution < -0.4 is 10.6 Å². The number of nitrogens with zero attached hydrogens (tertiary/aromatic N) is 2. The summed E-state index contributed by atoms with van der Waals surface area (Å²) in [5.41, 5.74) is 2.78. The van der Waals surface area contributed by atoms with Crippen molar-refractivity contribution in [1.82, 2.24) is 15.2 Å². The minimum Gasteiger partial charge on any atom is -0.390 e. The monoisotopic (exact) mass is 814 g/mol. The Labute approximate surface area is 308 Å². The van der Waals surface area contributed by atoms with Crippen LogP contribution in [-0.2, 0) is 36.4 Å². The Morgan fingerprint density at radius 1 is 0.944 bits per heavy atom. The SMILES string of the molecule is O=C(CCCCCNC(=O)c1ccc(-c2ccccc2)cc1)NCC#Cc1cc([N+](=O)[O-])n([C@H]2CC(O)[C@@H](COP(=O)(O)OP(=O)(O)OP(=O)(O)O)O2)c1. The number of hydrogen-bond donors (Lipinski definition) is 7. The molecule has 3 aromatic rings. The molecule has 4 rings (SSSR count). The van der Waals surface area contributed by atoms with Crippen molar-refractivity contribution in [1.29, 1.82) is 0 Å². The van der Waals surface area contributed by atoms with Crippen molar-refractivity contribution in [3.63, 3.8) is 0 Å². The van der Waals surface area contributed by atoms with Crippen molar-refractivity contribution in [2.24, 2.45) is 0 Å². The number of ether oxygens (including phenoxy) is 1. The van der Waals surface area contributed by atoms with Gasteiger partial charge in [0.25, 0.3) is 5.91 Å². The Bertz CT molecular complexity index is 1990. The second-order valence-electron chi connectivity index (χ2n) is 11.7. The van der Waals surface area contributed by atoms with Crippen LogP contribution in [0.5, 0.6) is 0 Å². The summed E-state index contributed by atoms with van der Waals surface area (Å²) in [7, 11) is -16.9. The molecule has 0 bridgehead atoms. The molecule has 7 N–H and O–H groups in total. The number of rotatable bonds is 18. The molecule has 1 aliphatic heterocycles. The van der Waals surface area contributed by atoms with Crippen molar-refractivity contribution < 1.29 is 70.8 Å². The van der Waals surface area contributed by atoms with E-state index in [4.69, 9.17) is 14.5 Å². The van der Waals surface area contributed by atoms with E-state index in [1.807, 2.05) is 42.5 Å². The van der Waals surface area contributed by atoms with E-state index in [-0.39, 0.29) is 36.8 Å². The number of unbranched alkanes of at least 4 members (excludes halogenated alkanes) is 2. The Hall–Kier alpha value is -4.05. The van der Waals surface area contributed by atoms with Gasteiger partial charge in [-0.25, -0.2) is 18.3 Å². The normalized spacial score (nSPS) is 19.2. The molecule has 0 saturated carbocycles. The summed E-state index contributed by atoms with van der Waals surface area (Å²) in [5, 5.41) is 27.6. The summed E-state index contributed by atoms with van der Waals surface area (Å²) in [4.78, 5) is 71.8. The molecule has 1 aromatic heterocycles. The standard InChI is InChI=1S/C31H37N4O16P3/c36-26-19-30(49-27(26)21-48-53(44,45)51-54(46,47)50-52(41,42)43)34-20-22(18-29(34)35(39)40)8-7-17-32-28(37)11-5-2-6-16-33-31(38)25-14-12-24(13-15-25)23-9-3-1-4-10-23/h1,3-4,9-10,12-15,18,20,26-27,30,36H,2,5-6,11,16-17,19,21H2,(H,32,37)(H,33,38)(H,44,45)(H,46,47)(H2,41,42,43)/t26?,27-,30-/m1/s1. The van der Waals surface area contributed by atoms with Crippen LogP contribution in [-0.4, -0.2) is 77.9 Å². The molecule has 5 atom stereocenters. The Balaban J connectivity index is 1.17. The highest BCUT2D eigenvalue weighted by Crippen LogP contribution is 2.66. The van der Waals surface area contributed by atoms with E-state index in [0.29, 0.717) is 31.4 Å². The summed E-state index contributed by atoms with van der Waals surface area (Å²) in [6.07, 6.45) is -0.858. The lowest BCUT2D eigenvalue weighted by molar-refractivity contribution is -0.393. The second kappa shape index (κ2) is 19.0. The smallest absolute Gasteiger partial charge is 0.390 e. The van der Waals surface area contributed by atoms with Gasteiger partial charge >= 0.3 is 29.3 Å². The van der Waals surface area contributed by atoms with Crippen molar-refractivity contribution >= 4 is 41.1 Å². The Morgan fingerprint density at radius 3 is 2.30 bits per heavy atom. The molecule has 292 valence electrons. The van der Waals surface area contributed by atoms with Crippen LogP contribution in [0, 0.1) is 22.0 Å². The van der Waals surface area contributed by atoms with E-state index in [9.17, 15) is 48.3 Å². The quantitative estimate of drug-likeness (QED) is 0.0318. The van der Waals surface area contributed by atoms with Gasteiger partial charge in [-0.15, -0.1) is 0 Å². The molecular formula is C31H37N4O16P3. The van der Waals surface area contributed by atoms with Crippen molar-refractivity contribution in [2.45, 2.75) is 50.5 Å². The van der Waals surface area contributed by atoms with E-state index < -0.39 is 59.3 Å². The molecule has 1 saturated heterocycles. The van der Waals surface area contributed by atoms with Gasteiger partial charge in [0, 0.05) is 24.9 Å². The second-order valence-corrected chi connectivity index (χ2v) is 16.1. The predicted molar refractivity (Wildman–Crippen MR) is 188 cm³/mol. The third-order valence-corrected chi connectivity index (χ3v) is 11.4. The van der Waals surface area contributed by atoms with Crippen LogP contribution in [0.25, 0.3) is 11.1 Å². The molecular weight excluding hydrogens is 777 g/mol. The zero-order valence-corrected chi connectivity index (χ0v) is 30.9. The fourth-order valence-electron chi connectivity index (χ4n) is 5.13. The first-order chi connectivity index (χ1) is 25.4. The molecule has 1 fully saturated rings. The zero-order valence-electron chi connectivity index (χ0n) is 28.2. The van der Waals surface area contributed by atoms with Gasteiger partial charge in [-0.3, -0.25) is 14.1 Å². The predicted octanol–water partition coefficient (Wildman–Crippen LogP) is 3.51. The van der Waals surface area contributed by atoms with Crippen LogP contribution in [0.4, 0.5) is 5.82 Å². The molecule has 23 heteroatoms. The zero-order chi connectivity index (χ0) is 39.5. The molecule has 54 heavy (non-hydrogen) atoms. The van der Waals surface area contributed by atoms with E-state index in [1.54, 1.807) is 12.1 Å². The van der Waals surface area contributed by atoms with Crippen LogP contribution in [0.1, 0.15) is 54.3 Å². The summed E-state index contributed by atoms with van der Waals surface area (Å²) in [6, 6.07) is 18.3. The topological polar surface area (TPSA) is 296 Å². The number of phosphoric ester groups is 1. The Kier molecular flexibility index (Phi) is 15.0. The number of aliphatic hydroxyl groups is 1. The fraction of sp³-hybridized carbons (Fsp3) is 0.355. The molecule has 1 aliphatic rings. The van der Waals surface area contributed by atoms with Gasteiger partial charge in [0.2, 0.25) is 12.1 Å². The highest BCUT2D eigenvalue weighted by Gasteiger charge is 2.44. The minimum absolute atomic E-state index is 0.0573. The van der Waals surface area contributed by atoms with E-state index in [0.717, 1.165) is 21.8 Å². The van der Waals surface area contributed by atoms with E-state index in [2.05, 4.69) is 35.6 Å². The first kappa shape index (κ1) is 42.7. The van der Waals surface area contributed by atoms with E-state index >= 15 is 0 Å². The number of aliphatic hydroxyl groups excluding tert-OH is 1. The molecule has 3 unspecified atom stereocenters. The fourth-order valence-corrected chi connectivity index (χ4v) is 8.16. The van der Waals surface area contributed by atoms with Gasteiger partial charge < -0.3 is 50.2 Å². The van der Waals surface area contributed by atoms with Gasteiger partial charge in [0.05, 0.1) is 30.9 Å². The maximum absolute atomic E-state index is 12.4. The molecule has 2 amide bonds. The molecule has 2 heterocycles. The highest BCUT2D eigenvalue weighted by molar-refractivity contribution is 7.66. The van der Waals surface area contributed by atoms with E-state index in [1.165, 1.54) is 6.20 Å².